The van der Waals surface area contributed by atoms with Crippen LogP contribution in [0.2, 0.25) is 0 Å². The third-order valence-electron chi connectivity index (χ3n) is 2.46. The van der Waals surface area contributed by atoms with Crippen molar-refractivity contribution >= 4 is 33.0 Å². The summed E-state index contributed by atoms with van der Waals surface area (Å²) in [6, 6.07) is 6.84. The van der Waals surface area contributed by atoms with Gasteiger partial charge in [-0.25, -0.2) is 0 Å². The monoisotopic (exact) mass is 288 g/mol. The van der Waals surface area contributed by atoms with Crippen LogP contribution >= 0.6 is 11.3 Å². The molecule has 0 aliphatic rings. The number of nitrogen functional groups attached to an aromatic ring is 1. The van der Waals surface area contributed by atoms with Crippen LogP contribution in [-0.2, 0) is 0 Å². The molecule has 0 atom stereocenters. The maximum Gasteiger partial charge on any atom is 0.390 e. The summed E-state index contributed by atoms with van der Waals surface area (Å²) in [4.78, 5) is 12.1. The number of nitrogens with two attached hydrogens (primary N) is 1. The summed E-state index contributed by atoms with van der Waals surface area (Å²) in [6.45, 7) is -0.418. The number of amides is 1. The van der Waals surface area contributed by atoms with Gasteiger partial charge in [-0.2, -0.15) is 13.2 Å². The first kappa shape index (κ1) is 13.7. The lowest BCUT2D eigenvalue weighted by atomic mass is 10.2. The van der Waals surface area contributed by atoms with Crippen LogP contribution < -0.4 is 11.1 Å². The molecule has 0 unspecified atom stereocenters. The van der Waals surface area contributed by atoms with Crippen LogP contribution in [-0.4, -0.2) is 18.6 Å². The van der Waals surface area contributed by atoms with Crippen LogP contribution in [0.1, 0.15) is 16.1 Å². The molecular weight excluding hydrogens is 277 g/mol. The third kappa shape index (κ3) is 3.60. The topological polar surface area (TPSA) is 55.1 Å². The van der Waals surface area contributed by atoms with Gasteiger partial charge >= 0.3 is 6.18 Å². The highest BCUT2D eigenvalue weighted by atomic mass is 32.1. The Kier molecular flexibility index (Phi) is 3.66. The van der Waals surface area contributed by atoms with Crippen molar-refractivity contribution in [3.8, 4) is 0 Å². The van der Waals surface area contributed by atoms with E-state index in [1.165, 1.54) is 11.3 Å². The van der Waals surface area contributed by atoms with Gasteiger partial charge in [0.2, 0.25) is 0 Å². The maximum absolute atomic E-state index is 12.0. The fourth-order valence-electron chi connectivity index (χ4n) is 1.58. The van der Waals surface area contributed by atoms with Crippen LogP contribution in [0.4, 0.5) is 18.9 Å². The molecule has 1 heterocycles. The number of hydrogen-bond donors (Lipinski definition) is 2. The molecule has 2 rings (SSSR count). The average molecular weight is 288 g/mol. The maximum atomic E-state index is 12.0. The first-order chi connectivity index (χ1) is 8.85. The van der Waals surface area contributed by atoms with Crippen molar-refractivity contribution < 1.29 is 18.0 Å². The highest BCUT2D eigenvalue weighted by molar-refractivity contribution is 7.20. The molecule has 0 saturated carbocycles. The van der Waals surface area contributed by atoms with E-state index in [9.17, 15) is 18.0 Å². The molecule has 3 N–H and O–H groups in total. The highest BCUT2D eigenvalue weighted by Crippen LogP contribution is 2.27. The molecule has 1 aromatic heterocycles. The quantitative estimate of drug-likeness (QED) is 0.852. The first-order valence-corrected chi connectivity index (χ1v) is 6.31. The van der Waals surface area contributed by atoms with Gasteiger partial charge in [0.15, 0.2) is 0 Å². The van der Waals surface area contributed by atoms with Gasteiger partial charge in [0.05, 0.1) is 11.3 Å². The number of thiophene rings is 1. The number of fused-ring (bicyclic) bond motifs is 1. The van der Waals surface area contributed by atoms with Crippen molar-refractivity contribution in [2.45, 2.75) is 12.6 Å². The molecule has 0 bridgehead atoms. The zero-order chi connectivity index (χ0) is 14.0. The average Bonchev–Trinajstić information content (AvgIpc) is 2.70. The first-order valence-electron chi connectivity index (χ1n) is 5.49. The fraction of sp³-hybridized carbons (Fsp3) is 0.250. The van der Waals surface area contributed by atoms with Crippen LogP contribution in [0.15, 0.2) is 24.3 Å². The summed E-state index contributed by atoms with van der Waals surface area (Å²) in [6.07, 6.45) is -5.29. The number of alkyl halides is 3. The van der Waals surface area contributed by atoms with Crippen molar-refractivity contribution in [3.63, 3.8) is 0 Å². The molecule has 1 aromatic carbocycles. The number of carbonyl (C=O) groups excluding carboxylic acids is 1. The number of hydrogen-bond acceptors (Lipinski definition) is 3. The lowest BCUT2D eigenvalue weighted by Crippen LogP contribution is -2.27. The Bertz CT molecular complexity index is 607. The van der Waals surface area contributed by atoms with E-state index in [0.717, 1.165) is 10.1 Å². The van der Waals surface area contributed by atoms with Crippen molar-refractivity contribution in [3.05, 3.63) is 29.1 Å². The second kappa shape index (κ2) is 5.08. The van der Waals surface area contributed by atoms with E-state index in [1.54, 1.807) is 24.3 Å². The summed E-state index contributed by atoms with van der Waals surface area (Å²) in [5.74, 6) is -0.496. The Morgan fingerprint density at radius 1 is 1.32 bits per heavy atom. The van der Waals surface area contributed by atoms with Gasteiger partial charge in [-0.15, -0.1) is 11.3 Å². The van der Waals surface area contributed by atoms with Crippen molar-refractivity contribution in [1.82, 2.24) is 5.32 Å². The van der Waals surface area contributed by atoms with E-state index in [1.807, 2.05) is 0 Å². The van der Waals surface area contributed by atoms with Crippen LogP contribution in [0, 0.1) is 0 Å². The molecule has 0 spiro atoms. The number of carbonyl (C=O) groups is 1. The summed E-state index contributed by atoms with van der Waals surface area (Å²) >= 11 is 1.22. The zero-order valence-corrected chi connectivity index (χ0v) is 10.6. The second-order valence-electron chi connectivity index (χ2n) is 4.03. The molecule has 0 aliphatic heterocycles. The van der Waals surface area contributed by atoms with Gasteiger partial charge in [-0.05, 0) is 29.7 Å². The van der Waals surface area contributed by atoms with E-state index >= 15 is 0 Å². The number of nitrogens with one attached hydrogen (secondary N) is 1. The largest absolute Gasteiger partial charge is 0.399 e. The fourth-order valence-corrected chi connectivity index (χ4v) is 2.54. The SMILES string of the molecule is Nc1ccc2sc(C(=O)NCCC(F)(F)F)cc2c1. The Labute approximate surface area is 111 Å². The minimum Gasteiger partial charge on any atom is -0.399 e. The smallest absolute Gasteiger partial charge is 0.390 e. The Morgan fingerprint density at radius 3 is 2.74 bits per heavy atom. The van der Waals surface area contributed by atoms with Crippen molar-refractivity contribution in [2.24, 2.45) is 0 Å². The predicted octanol–water partition coefficient (Wildman–Crippen LogP) is 3.17. The number of benzene rings is 1. The standard InChI is InChI=1S/C12H11F3N2OS/c13-12(14,15)3-4-17-11(18)10-6-7-5-8(16)1-2-9(7)19-10/h1-2,5-6H,3-4,16H2,(H,17,18). The van der Waals surface area contributed by atoms with Crippen molar-refractivity contribution in [1.29, 1.82) is 0 Å². The molecule has 102 valence electrons. The Morgan fingerprint density at radius 2 is 2.05 bits per heavy atom. The molecule has 0 radical (unpaired) electrons. The van der Waals surface area contributed by atoms with Crippen LogP contribution in [0.3, 0.4) is 0 Å². The summed E-state index contributed by atoms with van der Waals surface area (Å²) in [5, 5.41) is 3.06. The van der Waals surface area contributed by atoms with Gasteiger partial charge < -0.3 is 11.1 Å². The second-order valence-corrected chi connectivity index (χ2v) is 5.11. The molecule has 1 amide bonds. The zero-order valence-electron chi connectivity index (χ0n) is 9.75. The van der Waals surface area contributed by atoms with Crippen LogP contribution in [0.25, 0.3) is 10.1 Å². The molecule has 3 nitrogen and oxygen atoms in total. The van der Waals surface area contributed by atoms with E-state index in [0.29, 0.717) is 10.6 Å². The van der Waals surface area contributed by atoms with Gasteiger partial charge in [0, 0.05) is 16.9 Å². The molecule has 0 saturated heterocycles. The summed E-state index contributed by atoms with van der Waals surface area (Å²) < 4.78 is 36.7. The highest BCUT2D eigenvalue weighted by Gasteiger charge is 2.26. The summed E-state index contributed by atoms with van der Waals surface area (Å²) in [5.41, 5.74) is 6.19. The minimum atomic E-state index is -4.26. The normalized spacial score (nSPS) is 11.7. The van der Waals surface area contributed by atoms with Gasteiger partial charge in [-0.3, -0.25) is 4.79 Å². The molecule has 0 aliphatic carbocycles. The molecular formula is C12H11F3N2OS. The Balaban J connectivity index is 2.05. The van der Waals surface area contributed by atoms with E-state index in [-0.39, 0.29) is 0 Å². The van der Waals surface area contributed by atoms with Crippen molar-refractivity contribution in [2.75, 3.05) is 12.3 Å². The van der Waals surface area contributed by atoms with Gasteiger partial charge in [-0.1, -0.05) is 0 Å². The Hall–Kier alpha value is -1.76. The van der Waals surface area contributed by atoms with E-state index < -0.39 is 25.0 Å². The minimum absolute atomic E-state index is 0.378. The number of halogens is 3. The molecule has 2 aromatic rings. The van der Waals surface area contributed by atoms with E-state index in [2.05, 4.69) is 5.32 Å². The molecule has 19 heavy (non-hydrogen) atoms. The summed E-state index contributed by atoms with van der Waals surface area (Å²) in [7, 11) is 0. The van der Waals surface area contributed by atoms with Gasteiger partial charge in [0.25, 0.3) is 5.91 Å². The number of anilines is 1. The molecule has 7 heteroatoms. The predicted molar refractivity (Wildman–Crippen MR) is 69.2 cm³/mol. The third-order valence-corrected chi connectivity index (χ3v) is 3.57. The van der Waals surface area contributed by atoms with Crippen LogP contribution in [0.5, 0.6) is 0 Å². The lowest BCUT2D eigenvalue weighted by Gasteiger charge is -2.06. The molecule has 0 fully saturated rings. The number of rotatable bonds is 3. The van der Waals surface area contributed by atoms with E-state index in [4.69, 9.17) is 5.73 Å². The van der Waals surface area contributed by atoms with Gasteiger partial charge in [0.1, 0.15) is 0 Å². The lowest BCUT2D eigenvalue weighted by molar-refractivity contribution is -0.132.